The van der Waals surface area contributed by atoms with E-state index in [0.29, 0.717) is 0 Å². The first-order valence-electron chi connectivity index (χ1n) is 7.47. The number of nitrogens with one attached hydrogen (secondary N) is 1. The Hall–Kier alpha value is -0.0400. The third-order valence-electron chi connectivity index (χ3n) is 4.58. The van der Waals surface area contributed by atoms with Gasteiger partial charge in [-0.25, -0.2) is 0 Å². The minimum atomic E-state index is 0.769. The third-order valence-corrected chi connectivity index (χ3v) is 4.58. The molecule has 0 aromatic rings. The molecule has 1 atom stereocenters. The molecule has 0 aromatic heterocycles. The van der Waals surface area contributed by atoms with Crippen LogP contribution in [0.15, 0.2) is 0 Å². The Morgan fingerprint density at radius 2 is 1.75 bits per heavy atom. The highest BCUT2D eigenvalue weighted by Crippen LogP contribution is 2.29. The number of hydrogen-bond acceptors (Lipinski definition) is 1. The van der Waals surface area contributed by atoms with Gasteiger partial charge in [0.2, 0.25) is 0 Å². The molecule has 1 fully saturated rings. The van der Waals surface area contributed by atoms with Crippen LogP contribution in [0.3, 0.4) is 0 Å². The molecule has 1 N–H and O–H groups in total. The molecule has 0 aliphatic heterocycles. The van der Waals surface area contributed by atoms with E-state index >= 15 is 0 Å². The summed E-state index contributed by atoms with van der Waals surface area (Å²) in [5, 5.41) is 3.53. The lowest BCUT2D eigenvalue weighted by Crippen LogP contribution is -2.28. The van der Waals surface area contributed by atoms with Crippen LogP contribution in [0.5, 0.6) is 0 Å². The Bertz CT molecular complexity index is 157. The van der Waals surface area contributed by atoms with Gasteiger partial charge in [-0.3, -0.25) is 0 Å². The van der Waals surface area contributed by atoms with Crippen LogP contribution < -0.4 is 5.32 Å². The second-order valence-electron chi connectivity index (χ2n) is 5.63. The van der Waals surface area contributed by atoms with Crippen LogP contribution >= 0.6 is 0 Å². The van der Waals surface area contributed by atoms with E-state index in [1.165, 1.54) is 57.8 Å². The van der Waals surface area contributed by atoms with Crippen LogP contribution in [0.1, 0.15) is 71.6 Å². The Kier molecular flexibility index (Phi) is 7.11. The van der Waals surface area contributed by atoms with Gasteiger partial charge in [0, 0.05) is 6.04 Å². The number of rotatable bonds is 8. The fourth-order valence-corrected chi connectivity index (χ4v) is 3.14. The molecular formula is C15H31N. The predicted molar refractivity (Wildman–Crippen MR) is 72.7 cm³/mol. The summed E-state index contributed by atoms with van der Waals surface area (Å²) in [5.41, 5.74) is 0. The van der Waals surface area contributed by atoms with Crippen molar-refractivity contribution in [3.63, 3.8) is 0 Å². The lowest BCUT2D eigenvalue weighted by molar-refractivity contribution is 0.340. The van der Waals surface area contributed by atoms with Gasteiger partial charge in [-0.2, -0.15) is 0 Å². The summed E-state index contributed by atoms with van der Waals surface area (Å²) in [6.07, 6.45) is 12.9. The summed E-state index contributed by atoms with van der Waals surface area (Å²) in [6.45, 7) is 4.66. The first-order valence-corrected chi connectivity index (χ1v) is 7.47. The minimum Gasteiger partial charge on any atom is -0.317 e. The van der Waals surface area contributed by atoms with E-state index in [0.717, 1.165) is 17.9 Å². The van der Waals surface area contributed by atoms with Crippen LogP contribution in [0, 0.1) is 11.8 Å². The van der Waals surface area contributed by atoms with Crippen molar-refractivity contribution in [1.29, 1.82) is 0 Å². The Balaban J connectivity index is 2.19. The number of hydrogen-bond donors (Lipinski definition) is 1. The molecule has 0 amide bonds. The molecule has 1 heteroatoms. The fourth-order valence-electron chi connectivity index (χ4n) is 3.14. The lowest BCUT2D eigenvalue weighted by Gasteiger charge is -2.22. The van der Waals surface area contributed by atoms with Crippen molar-refractivity contribution < 1.29 is 0 Å². The molecule has 1 nitrogen and oxygen atoms in total. The highest BCUT2D eigenvalue weighted by atomic mass is 14.9. The van der Waals surface area contributed by atoms with Crippen molar-refractivity contribution in [3.8, 4) is 0 Å². The summed E-state index contributed by atoms with van der Waals surface area (Å²) >= 11 is 0. The first-order chi connectivity index (χ1) is 7.80. The van der Waals surface area contributed by atoms with Gasteiger partial charge in [-0.15, -0.1) is 0 Å². The van der Waals surface area contributed by atoms with Gasteiger partial charge in [0.05, 0.1) is 0 Å². The highest BCUT2D eigenvalue weighted by molar-refractivity contribution is 4.74. The smallest absolute Gasteiger partial charge is 0.00668 e. The van der Waals surface area contributed by atoms with E-state index in [9.17, 15) is 0 Å². The first kappa shape index (κ1) is 14.0. The molecule has 0 aromatic carbocycles. The maximum absolute atomic E-state index is 3.53. The largest absolute Gasteiger partial charge is 0.317 e. The van der Waals surface area contributed by atoms with Gasteiger partial charge < -0.3 is 5.32 Å². The molecule has 0 radical (unpaired) electrons. The zero-order valence-corrected chi connectivity index (χ0v) is 11.6. The summed E-state index contributed by atoms with van der Waals surface area (Å²) in [6, 6.07) is 0.769. The molecule has 0 spiro atoms. The maximum atomic E-state index is 3.53. The predicted octanol–water partition coefficient (Wildman–Crippen LogP) is 4.37. The van der Waals surface area contributed by atoms with Gasteiger partial charge >= 0.3 is 0 Å². The Labute approximate surface area is 102 Å². The van der Waals surface area contributed by atoms with Gasteiger partial charge in [0.15, 0.2) is 0 Å². The van der Waals surface area contributed by atoms with Crippen molar-refractivity contribution >= 4 is 0 Å². The summed E-state index contributed by atoms with van der Waals surface area (Å²) in [5.74, 6) is 1.98. The highest BCUT2D eigenvalue weighted by Gasteiger charge is 2.18. The average Bonchev–Trinajstić information content (AvgIpc) is 2.83. The maximum Gasteiger partial charge on any atom is 0.00668 e. The van der Waals surface area contributed by atoms with Crippen LogP contribution in [0.2, 0.25) is 0 Å². The average molecular weight is 225 g/mol. The summed E-state index contributed by atoms with van der Waals surface area (Å²) in [7, 11) is 2.14. The zero-order valence-electron chi connectivity index (χ0n) is 11.6. The van der Waals surface area contributed by atoms with Gasteiger partial charge in [-0.05, 0) is 38.1 Å². The molecule has 0 heterocycles. The van der Waals surface area contributed by atoms with E-state index in [2.05, 4.69) is 26.2 Å². The summed E-state index contributed by atoms with van der Waals surface area (Å²) < 4.78 is 0. The lowest BCUT2D eigenvalue weighted by atomic mass is 9.90. The molecule has 1 saturated carbocycles. The van der Waals surface area contributed by atoms with E-state index in [1.54, 1.807) is 0 Å². The molecular weight excluding hydrogens is 194 g/mol. The molecule has 96 valence electrons. The SMILES string of the molecule is CCC(CC)CC(CCC1CCCC1)NC. The second kappa shape index (κ2) is 8.11. The van der Waals surface area contributed by atoms with Gasteiger partial charge in [-0.1, -0.05) is 52.4 Å². The van der Waals surface area contributed by atoms with Crippen LogP contribution in [-0.2, 0) is 0 Å². The van der Waals surface area contributed by atoms with Crippen LogP contribution in [-0.4, -0.2) is 13.1 Å². The van der Waals surface area contributed by atoms with E-state index in [-0.39, 0.29) is 0 Å². The zero-order chi connectivity index (χ0) is 11.8. The molecule has 1 aliphatic rings. The topological polar surface area (TPSA) is 12.0 Å². The summed E-state index contributed by atoms with van der Waals surface area (Å²) in [4.78, 5) is 0. The fraction of sp³-hybridized carbons (Fsp3) is 1.00. The Morgan fingerprint density at radius 1 is 1.12 bits per heavy atom. The van der Waals surface area contributed by atoms with E-state index < -0.39 is 0 Å². The van der Waals surface area contributed by atoms with E-state index in [1.807, 2.05) is 0 Å². The van der Waals surface area contributed by atoms with Crippen LogP contribution in [0.25, 0.3) is 0 Å². The van der Waals surface area contributed by atoms with E-state index in [4.69, 9.17) is 0 Å². The van der Waals surface area contributed by atoms with Crippen molar-refractivity contribution in [3.05, 3.63) is 0 Å². The van der Waals surface area contributed by atoms with Crippen molar-refractivity contribution in [1.82, 2.24) is 5.32 Å². The van der Waals surface area contributed by atoms with Crippen molar-refractivity contribution in [2.24, 2.45) is 11.8 Å². The second-order valence-corrected chi connectivity index (χ2v) is 5.63. The van der Waals surface area contributed by atoms with Crippen LogP contribution in [0.4, 0.5) is 0 Å². The third kappa shape index (κ3) is 4.86. The normalized spacial score (nSPS) is 19.5. The molecule has 1 aliphatic carbocycles. The Morgan fingerprint density at radius 3 is 2.25 bits per heavy atom. The molecule has 0 bridgehead atoms. The van der Waals surface area contributed by atoms with Gasteiger partial charge in [0.1, 0.15) is 0 Å². The minimum absolute atomic E-state index is 0.769. The van der Waals surface area contributed by atoms with Crippen molar-refractivity contribution in [2.75, 3.05) is 7.05 Å². The molecule has 16 heavy (non-hydrogen) atoms. The molecule has 0 saturated heterocycles. The quantitative estimate of drug-likeness (QED) is 0.647. The molecule has 1 unspecified atom stereocenters. The molecule has 1 rings (SSSR count). The monoisotopic (exact) mass is 225 g/mol. The standard InChI is InChI=1S/C15H31N/c1-4-13(5-2)12-15(16-3)11-10-14-8-6-7-9-14/h13-16H,4-12H2,1-3H3. The van der Waals surface area contributed by atoms with Crippen molar-refractivity contribution in [2.45, 2.75) is 77.7 Å². The van der Waals surface area contributed by atoms with Gasteiger partial charge in [0.25, 0.3) is 0 Å².